The molecule has 2 heterocycles. The largest absolute Gasteiger partial charge is 0.486 e. The van der Waals surface area contributed by atoms with E-state index in [0.29, 0.717) is 48.5 Å². The number of fused-ring (bicyclic) bond motifs is 1. The fourth-order valence-electron chi connectivity index (χ4n) is 2.62. The van der Waals surface area contributed by atoms with Crippen molar-refractivity contribution < 1.29 is 23.6 Å². The molecule has 1 aliphatic rings. The van der Waals surface area contributed by atoms with Gasteiger partial charge in [0.25, 0.3) is 0 Å². The number of anilines is 2. The third-order valence-electron chi connectivity index (χ3n) is 3.90. The second kappa shape index (κ2) is 8.54. The van der Waals surface area contributed by atoms with Crippen LogP contribution in [0.1, 0.15) is 12.7 Å². The van der Waals surface area contributed by atoms with Crippen molar-refractivity contribution >= 4 is 23.3 Å². The third kappa shape index (κ3) is 5.20. The highest BCUT2D eigenvalue weighted by Gasteiger charge is 2.16. The van der Waals surface area contributed by atoms with Crippen LogP contribution in [0.2, 0.25) is 0 Å². The second-order valence-electron chi connectivity index (χ2n) is 6.08. The summed E-state index contributed by atoms with van der Waals surface area (Å²) in [7, 11) is 0. The van der Waals surface area contributed by atoms with E-state index in [4.69, 9.17) is 14.0 Å². The maximum atomic E-state index is 12.3. The first-order valence-electron chi connectivity index (χ1n) is 8.68. The molecule has 0 radical (unpaired) electrons. The minimum atomic E-state index is -0.266. The van der Waals surface area contributed by atoms with Crippen LogP contribution in [0.15, 0.2) is 28.8 Å². The minimum absolute atomic E-state index is 0.0664. The number of nitrogens with one attached hydrogen (secondary N) is 2. The van der Waals surface area contributed by atoms with Crippen LogP contribution in [0, 0.1) is 6.92 Å². The van der Waals surface area contributed by atoms with Crippen LogP contribution in [-0.2, 0) is 9.59 Å². The number of carbonyl (C=O) groups excluding carboxylic acids is 2. The molecular formula is C18H22N4O5. The molecule has 0 spiro atoms. The van der Waals surface area contributed by atoms with Gasteiger partial charge >= 0.3 is 0 Å². The summed E-state index contributed by atoms with van der Waals surface area (Å²) in [6, 6.07) is 6.86. The highest BCUT2D eigenvalue weighted by Crippen LogP contribution is 2.32. The van der Waals surface area contributed by atoms with Crippen molar-refractivity contribution in [2.75, 3.05) is 43.5 Å². The van der Waals surface area contributed by atoms with Gasteiger partial charge < -0.3 is 24.6 Å². The van der Waals surface area contributed by atoms with Crippen molar-refractivity contribution in [2.45, 2.75) is 13.8 Å². The van der Waals surface area contributed by atoms with Crippen LogP contribution in [0.4, 0.5) is 11.5 Å². The van der Waals surface area contributed by atoms with Crippen LogP contribution in [0.25, 0.3) is 0 Å². The summed E-state index contributed by atoms with van der Waals surface area (Å²) in [5.74, 6) is 1.74. The smallest absolute Gasteiger partial charge is 0.239 e. The highest BCUT2D eigenvalue weighted by molar-refractivity contribution is 5.94. The molecule has 0 atom stereocenters. The SMILES string of the molecule is CCN(CC(=O)Nc1ccc2c(c1)OCCO2)CC(=O)Nc1cc(C)on1. The summed E-state index contributed by atoms with van der Waals surface area (Å²) in [5.41, 5.74) is 0.614. The molecule has 9 nitrogen and oxygen atoms in total. The molecule has 3 rings (SSSR count). The van der Waals surface area contributed by atoms with Crippen LogP contribution in [0.5, 0.6) is 11.5 Å². The fraction of sp³-hybridized carbons (Fsp3) is 0.389. The lowest BCUT2D eigenvalue weighted by atomic mass is 10.2. The Bertz CT molecular complexity index is 820. The Kier molecular flexibility index (Phi) is 5.92. The van der Waals surface area contributed by atoms with Gasteiger partial charge in [0.05, 0.1) is 13.1 Å². The van der Waals surface area contributed by atoms with E-state index in [2.05, 4.69) is 15.8 Å². The Morgan fingerprint density at radius 2 is 1.78 bits per heavy atom. The average molecular weight is 374 g/mol. The van der Waals surface area contributed by atoms with E-state index >= 15 is 0 Å². The number of hydrogen-bond acceptors (Lipinski definition) is 7. The topological polar surface area (TPSA) is 106 Å². The number of benzene rings is 1. The molecule has 1 aromatic carbocycles. The first-order chi connectivity index (χ1) is 13.0. The molecule has 2 N–H and O–H groups in total. The first kappa shape index (κ1) is 18.7. The molecule has 0 unspecified atom stereocenters. The molecule has 9 heteroatoms. The maximum Gasteiger partial charge on any atom is 0.239 e. The number of nitrogens with zero attached hydrogens (tertiary/aromatic N) is 2. The zero-order valence-corrected chi connectivity index (χ0v) is 15.3. The molecule has 0 bridgehead atoms. The van der Waals surface area contributed by atoms with Gasteiger partial charge in [0.15, 0.2) is 17.3 Å². The molecule has 0 saturated carbocycles. The Balaban J connectivity index is 1.51. The molecular weight excluding hydrogens is 352 g/mol. The summed E-state index contributed by atoms with van der Waals surface area (Å²) in [5, 5.41) is 9.16. The molecule has 27 heavy (non-hydrogen) atoms. The molecule has 0 fully saturated rings. The van der Waals surface area contributed by atoms with Crippen molar-refractivity contribution in [3.8, 4) is 11.5 Å². The van der Waals surface area contributed by atoms with E-state index in [1.54, 1.807) is 36.1 Å². The number of carbonyl (C=O) groups is 2. The summed E-state index contributed by atoms with van der Waals surface area (Å²) in [6.07, 6.45) is 0. The molecule has 0 saturated heterocycles. The van der Waals surface area contributed by atoms with E-state index in [0.717, 1.165) is 0 Å². The molecule has 0 aliphatic carbocycles. The standard InChI is InChI=1S/C18H22N4O5/c1-3-22(11-18(24)20-16-8-12(2)27-21-16)10-17(23)19-13-4-5-14-15(9-13)26-7-6-25-14/h4-5,8-9H,3,6-7,10-11H2,1-2H3,(H,19,23)(H,20,21,24). The van der Waals surface area contributed by atoms with Crippen LogP contribution in [-0.4, -0.2) is 54.7 Å². The summed E-state index contributed by atoms with van der Waals surface area (Å²) in [4.78, 5) is 26.1. The van der Waals surface area contributed by atoms with Crippen molar-refractivity contribution in [3.63, 3.8) is 0 Å². The van der Waals surface area contributed by atoms with E-state index in [9.17, 15) is 9.59 Å². The quantitative estimate of drug-likeness (QED) is 0.759. The maximum absolute atomic E-state index is 12.3. The highest BCUT2D eigenvalue weighted by atomic mass is 16.6. The fourth-order valence-corrected chi connectivity index (χ4v) is 2.62. The van der Waals surface area contributed by atoms with Gasteiger partial charge in [-0.25, -0.2) is 0 Å². The predicted octanol–water partition coefficient (Wildman–Crippen LogP) is 1.65. The van der Waals surface area contributed by atoms with Gasteiger partial charge in [0, 0.05) is 17.8 Å². The monoisotopic (exact) mass is 374 g/mol. The lowest BCUT2D eigenvalue weighted by molar-refractivity contribution is -0.119. The summed E-state index contributed by atoms with van der Waals surface area (Å²) >= 11 is 0. The zero-order valence-electron chi connectivity index (χ0n) is 15.3. The van der Waals surface area contributed by atoms with Crippen LogP contribution >= 0.6 is 0 Å². The average Bonchev–Trinajstić information content (AvgIpc) is 3.05. The van der Waals surface area contributed by atoms with E-state index < -0.39 is 0 Å². The van der Waals surface area contributed by atoms with Crippen LogP contribution in [0.3, 0.4) is 0 Å². The number of hydrogen-bond donors (Lipinski definition) is 2. The molecule has 1 aromatic heterocycles. The van der Waals surface area contributed by atoms with Gasteiger partial charge in [-0.1, -0.05) is 12.1 Å². The zero-order chi connectivity index (χ0) is 19.2. The van der Waals surface area contributed by atoms with Crippen molar-refractivity contribution in [1.29, 1.82) is 0 Å². The van der Waals surface area contributed by atoms with Crippen LogP contribution < -0.4 is 20.1 Å². The summed E-state index contributed by atoms with van der Waals surface area (Å²) < 4.78 is 15.9. The Hall–Kier alpha value is -3.07. The van der Waals surface area contributed by atoms with Gasteiger partial charge in [0.2, 0.25) is 11.8 Å². The Labute approximate surface area is 156 Å². The molecule has 2 aromatic rings. The predicted molar refractivity (Wildman–Crippen MR) is 98.0 cm³/mol. The molecule has 2 amide bonds. The number of amides is 2. The molecule has 144 valence electrons. The number of ether oxygens (including phenoxy) is 2. The van der Waals surface area contributed by atoms with E-state index in [-0.39, 0.29) is 24.9 Å². The number of aryl methyl sites for hydroxylation is 1. The Morgan fingerprint density at radius 1 is 1.07 bits per heavy atom. The van der Waals surface area contributed by atoms with Gasteiger partial charge in [-0.2, -0.15) is 0 Å². The third-order valence-corrected chi connectivity index (χ3v) is 3.90. The van der Waals surface area contributed by atoms with E-state index in [1.807, 2.05) is 6.92 Å². The van der Waals surface area contributed by atoms with Crippen molar-refractivity contribution in [1.82, 2.24) is 10.1 Å². The first-order valence-corrected chi connectivity index (χ1v) is 8.68. The van der Waals surface area contributed by atoms with Crippen molar-refractivity contribution in [2.24, 2.45) is 0 Å². The number of aromatic nitrogens is 1. The van der Waals surface area contributed by atoms with Crippen molar-refractivity contribution in [3.05, 3.63) is 30.0 Å². The van der Waals surface area contributed by atoms with E-state index in [1.165, 1.54) is 0 Å². The van der Waals surface area contributed by atoms with Gasteiger partial charge in [-0.05, 0) is 25.6 Å². The van der Waals surface area contributed by atoms with Gasteiger partial charge in [-0.3, -0.25) is 14.5 Å². The van der Waals surface area contributed by atoms with Gasteiger partial charge in [-0.15, -0.1) is 0 Å². The minimum Gasteiger partial charge on any atom is -0.486 e. The lowest BCUT2D eigenvalue weighted by Crippen LogP contribution is -2.38. The number of rotatable bonds is 7. The summed E-state index contributed by atoms with van der Waals surface area (Å²) in [6.45, 7) is 5.30. The normalized spacial score (nSPS) is 12.7. The second-order valence-corrected chi connectivity index (χ2v) is 6.08. The lowest BCUT2D eigenvalue weighted by Gasteiger charge is -2.20. The van der Waals surface area contributed by atoms with Gasteiger partial charge in [0.1, 0.15) is 19.0 Å². The Morgan fingerprint density at radius 3 is 2.44 bits per heavy atom. The molecule has 1 aliphatic heterocycles. The number of likely N-dealkylation sites (N-methyl/N-ethyl adjacent to an activating group) is 1.